The van der Waals surface area contributed by atoms with Gasteiger partial charge in [-0.15, -0.1) is 0 Å². The Morgan fingerprint density at radius 2 is 1.70 bits per heavy atom. The first kappa shape index (κ1) is 21.1. The number of carbonyl (C=O) groups excluding carboxylic acids is 2. The van der Waals surface area contributed by atoms with E-state index in [0.29, 0.717) is 11.5 Å². The van der Waals surface area contributed by atoms with Crippen molar-refractivity contribution in [3.63, 3.8) is 0 Å². The third kappa shape index (κ3) is 5.88. The quantitative estimate of drug-likeness (QED) is 0.729. The highest BCUT2D eigenvalue weighted by atomic mass is 16.5. The van der Waals surface area contributed by atoms with Gasteiger partial charge in [0.1, 0.15) is 6.04 Å². The Labute approximate surface area is 162 Å². The minimum atomic E-state index is -0.564. The molecule has 1 aliphatic rings. The lowest BCUT2D eigenvalue weighted by Crippen LogP contribution is -2.47. The van der Waals surface area contributed by atoms with Crippen molar-refractivity contribution in [1.82, 2.24) is 10.6 Å². The number of rotatable bonds is 8. The van der Waals surface area contributed by atoms with Crippen LogP contribution in [-0.4, -0.2) is 31.1 Å². The largest absolute Gasteiger partial charge is 0.493 e. The van der Waals surface area contributed by atoms with E-state index in [1.807, 2.05) is 39.0 Å². The zero-order valence-corrected chi connectivity index (χ0v) is 17.0. The summed E-state index contributed by atoms with van der Waals surface area (Å²) < 4.78 is 11.1. The monoisotopic (exact) mass is 376 g/mol. The van der Waals surface area contributed by atoms with Gasteiger partial charge in [0, 0.05) is 5.92 Å². The third-order valence-corrected chi connectivity index (χ3v) is 4.89. The van der Waals surface area contributed by atoms with Gasteiger partial charge < -0.3 is 20.1 Å². The number of ether oxygens (including phenoxy) is 2. The van der Waals surface area contributed by atoms with Gasteiger partial charge in [0.2, 0.25) is 11.8 Å². The van der Waals surface area contributed by atoms with Crippen molar-refractivity contribution in [1.29, 1.82) is 0 Å². The second kappa shape index (κ2) is 9.62. The molecule has 2 atom stereocenters. The minimum Gasteiger partial charge on any atom is -0.493 e. The van der Waals surface area contributed by atoms with Crippen LogP contribution < -0.4 is 20.1 Å². The molecule has 1 aromatic rings. The van der Waals surface area contributed by atoms with Crippen LogP contribution in [0.1, 0.15) is 65.0 Å². The van der Waals surface area contributed by atoms with Crippen LogP contribution >= 0.6 is 0 Å². The molecule has 6 nitrogen and oxygen atoms in total. The van der Waals surface area contributed by atoms with Crippen LogP contribution in [0.3, 0.4) is 0 Å². The van der Waals surface area contributed by atoms with Crippen LogP contribution in [0.2, 0.25) is 0 Å². The molecule has 1 aromatic carbocycles. The van der Waals surface area contributed by atoms with Crippen molar-refractivity contribution in [2.45, 2.75) is 71.6 Å². The second-order valence-electron chi connectivity index (χ2n) is 7.52. The molecule has 2 rings (SSSR count). The molecule has 0 heterocycles. The molecule has 0 bridgehead atoms. The molecule has 2 N–H and O–H groups in total. The Morgan fingerprint density at radius 1 is 1.04 bits per heavy atom. The van der Waals surface area contributed by atoms with E-state index in [1.54, 1.807) is 14.0 Å². The van der Waals surface area contributed by atoms with Crippen LogP contribution in [-0.2, 0) is 9.59 Å². The van der Waals surface area contributed by atoms with Gasteiger partial charge in [-0.05, 0) is 58.2 Å². The summed E-state index contributed by atoms with van der Waals surface area (Å²) >= 11 is 0. The number of carbonyl (C=O) groups is 2. The maximum atomic E-state index is 12.5. The second-order valence-corrected chi connectivity index (χ2v) is 7.52. The molecule has 0 aromatic heterocycles. The van der Waals surface area contributed by atoms with E-state index in [2.05, 4.69) is 10.6 Å². The van der Waals surface area contributed by atoms with Crippen molar-refractivity contribution in [3.05, 3.63) is 23.8 Å². The standard InChI is InChI=1S/C21H32N2O4/c1-13(2)27-18-11-10-17(12-19(18)26-5)14(3)22-20(24)15(4)23-21(25)16-8-6-7-9-16/h10-16H,6-9H2,1-5H3,(H,22,24)(H,23,25)/t14-,15+/m0/s1. The fraction of sp³-hybridized carbons (Fsp3) is 0.619. The molecule has 0 saturated heterocycles. The molecule has 150 valence electrons. The molecular weight excluding hydrogens is 344 g/mol. The van der Waals surface area contributed by atoms with Gasteiger partial charge in [0.25, 0.3) is 0 Å². The van der Waals surface area contributed by atoms with E-state index < -0.39 is 6.04 Å². The van der Waals surface area contributed by atoms with Crippen LogP contribution in [0.5, 0.6) is 11.5 Å². The number of nitrogens with one attached hydrogen (secondary N) is 2. The van der Waals surface area contributed by atoms with Crippen molar-refractivity contribution >= 4 is 11.8 Å². The molecule has 0 unspecified atom stereocenters. The summed E-state index contributed by atoms with van der Waals surface area (Å²) in [4.78, 5) is 24.7. The predicted octanol–water partition coefficient (Wildman–Crippen LogP) is 3.35. The maximum Gasteiger partial charge on any atom is 0.242 e. The van der Waals surface area contributed by atoms with Gasteiger partial charge in [-0.1, -0.05) is 18.9 Å². The zero-order chi connectivity index (χ0) is 20.0. The molecule has 0 spiro atoms. The number of benzene rings is 1. The number of amides is 2. The SMILES string of the molecule is COc1cc([C@H](C)NC(=O)[C@@H](C)NC(=O)C2CCCC2)ccc1OC(C)C. The number of methoxy groups -OCH3 is 1. The van der Waals surface area contributed by atoms with Crippen LogP contribution in [0.15, 0.2) is 18.2 Å². The van der Waals surface area contributed by atoms with Crippen molar-refractivity contribution < 1.29 is 19.1 Å². The summed E-state index contributed by atoms with van der Waals surface area (Å²) in [5.41, 5.74) is 0.908. The Bertz CT molecular complexity index is 654. The minimum absolute atomic E-state index is 0.0142. The molecular formula is C21H32N2O4. The van der Waals surface area contributed by atoms with E-state index in [1.165, 1.54) is 0 Å². The highest BCUT2D eigenvalue weighted by Crippen LogP contribution is 2.31. The number of hydrogen-bond donors (Lipinski definition) is 2. The van der Waals surface area contributed by atoms with Crippen molar-refractivity contribution in [3.8, 4) is 11.5 Å². The van der Waals surface area contributed by atoms with Crippen LogP contribution in [0.25, 0.3) is 0 Å². The van der Waals surface area contributed by atoms with Crippen molar-refractivity contribution in [2.24, 2.45) is 5.92 Å². The normalized spacial score (nSPS) is 16.7. The van der Waals surface area contributed by atoms with E-state index in [4.69, 9.17) is 9.47 Å². The molecule has 2 amide bonds. The van der Waals surface area contributed by atoms with Gasteiger partial charge in [-0.2, -0.15) is 0 Å². The third-order valence-electron chi connectivity index (χ3n) is 4.89. The van der Waals surface area contributed by atoms with Crippen LogP contribution in [0.4, 0.5) is 0 Å². The fourth-order valence-corrected chi connectivity index (χ4v) is 3.31. The Hall–Kier alpha value is -2.24. The maximum absolute atomic E-state index is 12.5. The summed E-state index contributed by atoms with van der Waals surface area (Å²) in [6.07, 6.45) is 4.07. The summed E-state index contributed by atoms with van der Waals surface area (Å²) in [6, 6.07) is 4.84. The molecule has 0 radical (unpaired) electrons. The Morgan fingerprint density at radius 3 is 2.30 bits per heavy atom. The summed E-state index contributed by atoms with van der Waals surface area (Å²) in [5.74, 6) is 1.14. The Balaban J connectivity index is 1.95. The average molecular weight is 376 g/mol. The molecule has 1 saturated carbocycles. The van der Waals surface area contributed by atoms with Gasteiger partial charge in [-0.3, -0.25) is 9.59 Å². The highest BCUT2D eigenvalue weighted by molar-refractivity contribution is 5.88. The Kier molecular flexibility index (Phi) is 7.51. The van der Waals surface area contributed by atoms with Gasteiger partial charge in [-0.25, -0.2) is 0 Å². The summed E-state index contributed by atoms with van der Waals surface area (Å²) in [6.45, 7) is 7.53. The zero-order valence-electron chi connectivity index (χ0n) is 17.0. The van der Waals surface area contributed by atoms with Crippen molar-refractivity contribution in [2.75, 3.05) is 7.11 Å². The fourth-order valence-electron chi connectivity index (χ4n) is 3.31. The topological polar surface area (TPSA) is 76.7 Å². The first-order valence-electron chi connectivity index (χ1n) is 9.77. The van der Waals surface area contributed by atoms with E-state index in [0.717, 1.165) is 31.2 Å². The van der Waals surface area contributed by atoms with E-state index in [-0.39, 0.29) is 29.9 Å². The molecule has 1 aliphatic carbocycles. The molecule has 0 aliphatic heterocycles. The van der Waals surface area contributed by atoms with E-state index in [9.17, 15) is 9.59 Å². The highest BCUT2D eigenvalue weighted by Gasteiger charge is 2.26. The van der Waals surface area contributed by atoms with E-state index >= 15 is 0 Å². The smallest absolute Gasteiger partial charge is 0.242 e. The first-order chi connectivity index (χ1) is 12.8. The van der Waals surface area contributed by atoms with Gasteiger partial charge >= 0.3 is 0 Å². The molecule has 1 fully saturated rings. The lowest BCUT2D eigenvalue weighted by atomic mass is 10.1. The lowest BCUT2D eigenvalue weighted by Gasteiger charge is -2.21. The predicted molar refractivity (Wildman–Crippen MR) is 105 cm³/mol. The summed E-state index contributed by atoms with van der Waals surface area (Å²) in [5, 5.41) is 5.79. The molecule has 6 heteroatoms. The van der Waals surface area contributed by atoms with Crippen LogP contribution in [0, 0.1) is 5.92 Å². The lowest BCUT2D eigenvalue weighted by molar-refractivity contribution is -0.131. The number of hydrogen-bond acceptors (Lipinski definition) is 4. The molecule has 27 heavy (non-hydrogen) atoms. The van der Waals surface area contributed by atoms with Gasteiger partial charge in [0.15, 0.2) is 11.5 Å². The summed E-state index contributed by atoms with van der Waals surface area (Å²) in [7, 11) is 1.59. The van der Waals surface area contributed by atoms with Gasteiger partial charge in [0.05, 0.1) is 19.3 Å². The average Bonchev–Trinajstić information content (AvgIpc) is 3.16. The first-order valence-corrected chi connectivity index (χ1v) is 9.77.